The lowest BCUT2D eigenvalue weighted by atomic mass is 10.2. The first-order valence-corrected chi connectivity index (χ1v) is 4.82. The number of hydrogen-bond donors (Lipinski definition) is 0. The SMILES string of the molecule is O=[N+]([O-])c1cc2c(c([N+](=O)[O-])c1)OCCCO2. The number of nitrogens with zero attached hydrogens (tertiary/aromatic N) is 2. The van der Waals surface area contributed by atoms with Gasteiger partial charge in [-0.3, -0.25) is 20.2 Å². The molecule has 0 fully saturated rings. The third-order valence-electron chi connectivity index (χ3n) is 2.22. The van der Waals surface area contributed by atoms with E-state index in [1.165, 1.54) is 0 Å². The highest BCUT2D eigenvalue weighted by Gasteiger charge is 2.27. The molecule has 8 nitrogen and oxygen atoms in total. The number of non-ortho nitro benzene ring substituents is 1. The molecule has 0 spiro atoms. The van der Waals surface area contributed by atoms with Crippen molar-refractivity contribution in [3.8, 4) is 11.5 Å². The van der Waals surface area contributed by atoms with Crippen LogP contribution in [0.1, 0.15) is 6.42 Å². The second-order valence-electron chi connectivity index (χ2n) is 3.36. The molecular weight excluding hydrogens is 232 g/mol. The first-order chi connectivity index (χ1) is 8.09. The van der Waals surface area contributed by atoms with Gasteiger partial charge in [0.2, 0.25) is 5.75 Å². The van der Waals surface area contributed by atoms with E-state index in [0.717, 1.165) is 12.1 Å². The Morgan fingerprint density at radius 1 is 1.06 bits per heavy atom. The van der Waals surface area contributed by atoms with E-state index in [1.54, 1.807) is 0 Å². The van der Waals surface area contributed by atoms with Crippen molar-refractivity contribution < 1.29 is 19.3 Å². The molecule has 1 aliphatic heterocycles. The lowest BCUT2D eigenvalue weighted by molar-refractivity contribution is -0.394. The molecule has 90 valence electrons. The lowest BCUT2D eigenvalue weighted by Gasteiger charge is -2.06. The second-order valence-corrected chi connectivity index (χ2v) is 3.36. The minimum Gasteiger partial charge on any atom is -0.489 e. The predicted molar refractivity (Wildman–Crippen MR) is 55.4 cm³/mol. The van der Waals surface area contributed by atoms with Crippen molar-refractivity contribution in [3.05, 3.63) is 32.4 Å². The highest BCUT2D eigenvalue weighted by Crippen LogP contribution is 2.41. The maximum absolute atomic E-state index is 10.8. The van der Waals surface area contributed by atoms with Gasteiger partial charge < -0.3 is 9.47 Å². The monoisotopic (exact) mass is 240 g/mol. The fourth-order valence-electron chi connectivity index (χ4n) is 1.48. The van der Waals surface area contributed by atoms with Crippen LogP contribution >= 0.6 is 0 Å². The molecule has 1 heterocycles. The van der Waals surface area contributed by atoms with E-state index in [-0.39, 0.29) is 23.8 Å². The van der Waals surface area contributed by atoms with Crippen molar-refractivity contribution in [1.29, 1.82) is 0 Å². The van der Waals surface area contributed by atoms with Gasteiger partial charge in [0.25, 0.3) is 5.69 Å². The Balaban J connectivity index is 2.59. The summed E-state index contributed by atoms with van der Waals surface area (Å²) in [5, 5.41) is 21.4. The maximum atomic E-state index is 10.8. The summed E-state index contributed by atoms with van der Waals surface area (Å²) in [5.74, 6) is 0.00139. The van der Waals surface area contributed by atoms with Gasteiger partial charge in [0, 0.05) is 6.42 Å². The molecule has 1 aromatic carbocycles. The zero-order valence-corrected chi connectivity index (χ0v) is 8.62. The van der Waals surface area contributed by atoms with Crippen LogP contribution in [0.25, 0.3) is 0 Å². The van der Waals surface area contributed by atoms with Crippen LogP contribution in [-0.4, -0.2) is 23.1 Å². The van der Waals surface area contributed by atoms with Crippen LogP contribution in [0.2, 0.25) is 0 Å². The second kappa shape index (κ2) is 4.24. The molecule has 1 aliphatic rings. The standard InChI is InChI=1S/C9H8N2O6/c12-10(13)6-4-7(11(14)15)9-8(5-6)16-2-1-3-17-9/h4-5H,1-3H2. The molecule has 0 bridgehead atoms. The number of nitro groups is 2. The number of fused-ring (bicyclic) bond motifs is 1. The Labute approximate surface area is 95.1 Å². The van der Waals surface area contributed by atoms with E-state index in [1.807, 2.05) is 0 Å². The zero-order valence-electron chi connectivity index (χ0n) is 8.62. The molecule has 2 rings (SSSR count). The van der Waals surface area contributed by atoms with Gasteiger partial charge in [0.05, 0.1) is 35.2 Å². The summed E-state index contributed by atoms with van der Waals surface area (Å²) < 4.78 is 10.4. The molecule has 0 aliphatic carbocycles. The number of benzene rings is 1. The number of ether oxygens (including phenoxy) is 2. The predicted octanol–water partition coefficient (Wildman–Crippen LogP) is 1.66. The highest BCUT2D eigenvalue weighted by molar-refractivity contribution is 5.62. The molecule has 0 saturated heterocycles. The van der Waals surface area contributed by atoms with Gasteiger partial charge >= 0.3 is 5.69 Å². The summed E-state index contributed by atoms with van der Waals surface area (Å²) in [6.45, 7) is 0.594. The van der Waals surface area contributed by atoms with Gasteiger partial charge in [-0.15, -0.1) is 0 Å². The molecule has 0 saturated carbocycles. The molecule has 0 N–H and O–H groups in total. The van der Waals surface area contributed by atoms with Crippen molar-refractivity contribution in [3.63, 3.8) is 0 Å². The third kappa shape index (κ3) is 2.10. The van der Waals surface area contributed by atoms with Crippen molar-refractivity contribution in [2.75, 3.05) is 13.2 Å². The zero-order chi connectivity index (χ0) is 12.4. The summed E-state index contributed by atoms with van der Waals surface area (Å²) in [6.07, 6.45) is 0.569. The Morgan fingerprint density at radius 3 is 2.41 bits per heavy atom. The van der Waals surface area contributed by atoms with Crippen LogP contribution < -0.4 is 9.47 Å². The molecule has 0 radical (unpaired) electrons. The minimum absolute atomic E-state index is 0.0434. The summed E-state index contributed by atoms with van der Waals surface area (Å²) in [5.41, 5.74) is -0.836. The fourth-order valence-corrected chi connectivity index (χ4v) is 1.48. The molecule has 17 heavy (non-hydrogen) atoms. The number of rotatable bonds is 2. The summed E-state index contributed by atoms with van der Waals surface area (Å²) in [7, 11) is 0. The van der Waals surface area contributed by atoms with E-state index in [2.05, 4.69) is 0 Å². The van der Waals surface area contributed by atoms with Crippen molar-refractivity contribution in [2.45, 2.75) is 6.42 Å². The van der Waals surface area contributed by atoms with Crippen molar-refractivity contribution in [1.82, 2.24) is 0 Å². The largest absolute Gasteiger partial charge is 0.489 e. The Kier molecular flexibility index (Phi) is 2.77. The van der Waals surface area contributed by atoms with E-state index in [9.17, 15) is 20.2 Å². The maximum Gasteiger partial charge on any atom is 0.321 e. The topological polar surface area (TPSA) is 105 Å². The number of hydrogen-bond acceptors (Lipinski definition) is 6. The van der Waals surface area contributed by atoms with E-state index in [0.29, 0.717) is 13.0 Å². The quantitative estimate of drug-likeness (QED) is 0.575. The van der Waals surface area contributed by atoms with Crippen LogP contribution in [0.4, 0.5) is 11.4 Å². The smallest absolute Gasteiger partial charge is 0.321 e. The Bertz CT molecular complexity index is 487. The highest BCUT2D eigenvalue weighted by atomic mass is 16.6. The van der Waals surface area contributed by atoms with E-state index < -0.39 is 15.5 Å². The summed E-state index contributed by atoms with van der Waals surface area (Å²) in [6, 6.07) is 2.00. The fraction of sp³-hybridized carbons (Fsp3) is 0.333. The van der Waals surface area contributed by atoms with E-state index in [4.69, 9.17) is 9.47 Å². The summed E-state index contributed by atoms with van der Waals surface area (Å²) >= 11 is 0. The Morgan fingerprint density at radius 2 is 1.76 bits per heavy atom. The van der Waals surface area contributed by atoms with Crippen molar-refractivity contribution >= 4 is 11.4 Å². The molecule has 0 atom stereocenters. The van der Waals surface area contributed by atoms with Gasteiger partial charge in [-0.2, -0.15) is 0 Å². The van der Waals surface area contributed by atoms with Crippen LogP contribution in [0.15, 0.2) is 12.1 Å². The average molecular weight is 240 g/mol. The molecular formula is C9H8N2O6. The molecule has 0 amide bonds. The molecule has 8 heteroatoms. The van der Waals surface area contributed by atoms with Crippen molar-refractivity contribution in [2.24, 2.45) is 0 Å². The van der Waals surface area contributed by atoms with Gasteiger partial charge in [0.1, 0.15) is 0 Å². The van der Waals surface area contributed by atoms with Crippen LogP contribution in [0.5, 0.6) is 11.5 Å². The first kappa shape index (κ1) is 11.1. The van der Waals surface area contributed by atoms with Gasteiger partial charge in [-0.05, 0) is 0 Å². The summed E-state index contributed by atoms with van der Waals surface area (Å²) in [4.78, 5) is 20.0. The van der Waals surface area contributed by atoms with E-state index >= 15 is 0 Å². The third-order valence-corrected chi connectivity index (χ3v) is 2.22. The lowest BCUT2D eigenvalue weighted by Crippen LogP contribution is -1.99. The molecule has 0 aromatic heterocycles. The van der Waals surface area contributed by atoms with Crippen LogP contribution in [0.3, 0.4) is 0 Å². The molecule has 0 unspecified atom stereocenters. The Hall–Kier alpha value is -2.38. The van der Waals surface area contributed by atoms with Crippen LogP contribution in [0, 0.1) is 20.2 Å². The van der Waals surface area contributed by atoms with Gasteiger partial charge in [-0.25, -0.2) is 0 Å². The normalized spacial score (nSPS) is 13.9. The van der Waals surface area contributed by atoms with Crippen LogP contribution in [-0.2, 0) is 0 Å². The van der Waals surface area contributed by atoms with Gasteiger partial charge in [0.15, 0.2) is 5.75 Å². The number of nitro benzene ring substituents is 2. The minimum atomic E-state index is -0.722. The van der Waals surface area contributed by atoms with Gasteiger partial charge in [-0.1, -0.05) is 0 Å². The first-order valence-electron chi connectivity index (χ1n) is 4.82. The average Bonchev–Trinajstić information content (AvgIpc) is 2.51. The molecule has 1 aromatic rings.